The lowest BCUT2D eigenvalue weighted by molar-refractivity contribution is 0.0968. The molecule has 0 bridgehead atoms. The van der Waals surface area contributed by atoms with Gasteiger partial charge in [0.2, 0.25) is 0 Å². The third-order valence-electron chi connectivity index (χ3n) is 3.36. The van der Waals surface area contributed by atoms with Gasteiger partial charge >= 0.3 is 0 Å². The van der Waals surface area contributed by atoms with Gasteiger partial charge in [0, 0.05) is 37.0 Å². The Bertz CT molecular complexity index is 410. The number of carbonyl (C=O) groups excluding carboxylic acids is 1. The normalized spacial score (nSPS) is 15.2. The first kappa shape index (κ1) is 13.3. The highest BCUT2D eigenvalue weighted by Crippen LogP contribution is 2.22. The zero-order valence-electron chi connectivity index (χ0n) is 11.3. The van der Waals surface area contributed by atoms with Crippen molar-refractivity contribution in [3.63, 3.8) is 0 Å². The molecule has 18 heavy (non-hydrogen) atoms. The van der Waals surface area contributed by atoms with Crippen molar-refractivity contribution >= 4 is 5.78 Å². The second kappa shape index (κ2) is 6.16. The standard InChI is InChI=1S/C14H22N2O2/c1-15(2)8-10-18-11-9-16-7-6-12-13(16)4-3-5-14(12)17/h6-7H,3-5,8-11H2,1-2H3. The van der Waals surface area contributed by atoms with Crippen LogP contribution in [0.3, 0.4) is 0 Å². The maximum absolute atomic E-state index is 11.7. The van der Waals surface area contributed by atoms with E-state index in [1.165, 1.54) is 5.69 Å². The van der Waals surface area contributed by atoms with Crippen LogP contribution in [0.1, 0.15) is 28.9 Å². The summed E-state index contributed by atoms with van der Waals surface area (Å²) >= 11 is 0. The van der Waals surface area contributed by atoms with E-state index in [1.54, 1.807) is 0 Å². The highest BCUT2D eigenvalue weighted by Gasteiger charge is 2.19. The number of ether oxygens (including phenoxy) is 1. The number of likely N-dealkylation sites (N-methyl/N-ethyl adjacent to an activating group) is 1. The van der Waals surface area contributed by atoms with E-state index in [0.717, 1.165) is 38.1 Å². The van der Waals surface area contributed by atoms with Crippen molar-refractivity contribution in [2.45, 2.75) is 25.8 Å². The number of hydrogen-bond acceptors (Lipinski definition) is 3. The molecule has 0 saturated heterocycles. The Morgan fingerprint density at radius 1 is 1.33 bits per heavy atom. The molecule has 1 aromatic rings. The SMILES string of the molecule is CN(C)CCOCCn1ccc2c1CCCC2=O. The lowest BCUT2D eigenvalue weighted by Gasteiger charge is -2.15. The lowest BCUT2D eigenvalue weighted by atomic mass is 9.97. The summed E-state index contributed by atoms with van der Waals surface area (Å²) in [4.78, 5) is 13.8. The minimum absolute atomic E-state index is 0.295. The van der Waals surface area contributed by atoms with Crippen molar-refractivity contribution in [2.75, 3.05) is 33.9 Å². The van der Waals surface area contributed by atoms with Crippen LogP contribution in [0.25, 0.3) is 0 Å². The zero-order chi connectivity index (χ0) is 13.0. The Kier molecular flexibility index (Phi) is 4.55. The second-order valence-corrected chi connectivity index (χ2v) is 5.06. The molecule has 0 spiro atoms. The predicted octanol–water partition coefficient (Wildman–Crippen LogP) is 1.59. The minimum atomic E-state index is 0.295. The summed E-state index contributed by atoms with van der Waals surface area (Å²) in [5.74, 6) is 0.295. The van der Waals surface area contributed by atoms with E-state index >= 15 is 0 Å². The number of carbonyl (C=O) groups is 1. The summed E-state index contributed by atoms with van der Waals surface area (Å²) in [5, 5.41) is 0. The van der Waals surface area contributed by atoms with Gasteiger partial charge in [-0.15, -0.1) is 0 Å². The van der Waals surface area contributed by atoms with Crippen LogP contribution in [0.4, 0.5) is 0 Å². The third kappa shape index (κ3) is 3.21. The highest BCUT2D eigenvalue weighted by atomic mass is 16.5. The quantitative estimate of drug-likeness (QED) is 0.719. The summed E-state index contributed by atoms with van der Waals surface area (Å²) in [5.41, 5.74) is 2.12. The van der Waals surface area contributed by atoms with Gasteiger partial charge in [0.05, 0.1) is 13.2 Å². The molecule has 0 N–H and O–H groups in total. The molecule has 4 nitrogen and oxygen atoms in total. The molecule has 1 aromatic heterocycles. The van der Waals surface area contributed by atoms with Gasteiger partial charge < -0.3 is 14.2 Å². The van der Waals surface area contributed by atoms with Crippen molar-refractivity contribution in [3.05, 3.63) is 23.5 Å². The molecule has 0 amide bonds. The topological polar surface area (TPSA) is 34.5 Å². The fraction of sp³-hybridized carbons (Fsp3) is 0.643. The number of nitrogens with zero attached hydrogens (tertiary/aromatic N) is 2. The molecule has 0 unspecified atom stereocenters. The van der Waals surface area contributed by atoms with Crippen molar-refractivity contribution in [1.29, 1.82) is 0 Å². The smallest absolute Gasteiger partial charge is 0.164 e. The molecule has 4 heteroatoms. The predicted molar refractivity (Wildman–Crippen MR) is 71.1 cm³/mol. The molecule has 0 fully saturated rings. The fourth-order valence-electron chi connectivity index (χ4n) is 2.31. The molecule has 0 saturated carbocycles. The molecule has 1 aliphatic carbocycles. The Hall–Kier alpha value is -1.13. The van der Waals surface area contributed by atoms with Gasteiger partial charge in [-0.3, -0.25) is 4.79 Å². The van der Waals surface area contributed by atoms with Gasteiger partial charge in [0.25, 0.3) is 0 Å². The molecule has 1 heterocycles. The Morgan fingerprint density at radius 3 is 2.94 bits per heavy atom. The Balaban J connectivity index is 1.82. The van der Waals surface area contributed by atoms with Gasteiger partial charge in [-0.1, -0.05) is 0 Å². The average molecular weight is 250 g/mol. The van der Waals surface area contributed by atoms with Gasteiger partial charge in [-0.2, -0.15) is 0 Å². The molecule has 100 valence electrons. The van der Waals surface area contributed by atoms with Crippen LogP contribution < -0.4 is 0 Å². The van der Waals surface area contributed by atoms with Crippen LogP contribution in [0.5, 0.6) is 0 Å². The number of hydrogen-bond donors (Lipinski definition) is 0. The zero-order valence-corrected chi connectivity index (χ0v) is 11.3. The molecular formula is C14H22N2O2. The van der Waals surface area contributed by atoms with Crippen molar-refractivity contribution in [2.24, 2.45) is 0 Å². The summed E-state index contributed by atoms with van der Waals surface area (Å²) < 4.78 is 7.76. The lowest BCUT2D eigenvalue weighted by Crippen LogP contribution is -2.20. The van der Waals surface area contributed by atoms with Gasteiger partial charge in [0.15, 0.2) is 5.78 Å². The molecule has 2 rings (SSSR count). The fourth-order valence-corrected chi connectivity index (χ4v) is 2.31. The van der Waals surface area contributed by atoms with E-state index in [9.17, 15) is 4.79 Å². The molecule has 0 radical (unpaired) electrons. The average Bonchev–Trinajstić information content (AvgIpc) is 2.73. The number of Topliss-reactive ketones (excluding diaryl/α,β-unsaturated/α-hetero) is 1. The van der Waals surface area contributed by atoms with Crippen molar-refractivity contribution in [3.8, 4) is 0 Å². The second-order valence-electron chi connectivity index (χ2n) is 5.06. The van der Waals surface area contributed by atoms with E-state index in [4.69, 9.17) is 4.74 Å². The first-order valence-electron chi connectivity index (χ1n) is 6.62. The van der Waals surface area contributed by atoms with Crippen LogP contribution in [0.2, 0.25) is 0 Å². The first-order valence-corrected chi connectivity index (χ1v) is 6.62. The van der Waals surface area contributed by atoms with Crippen molar-refractivity contribution < 1.29 is 9.53 Å². The number of fused-ring (bicyclic) bond motifs is 1. The van der Waals surface area contributed by atoms with E-state index in [0.29, 0.717) is 18.8 Å². The summed E-state index contributed by atoms with van der Waals surface area (Å²) in [6.45, 7) is 3.26. The van der Waals surface area contributed by atoms with Gasteiger partial charge in [-0.05, 0) is 33.0 Å². The van der Waals surface area contributed by atoms with Gasteiger partial charge in [0.1, 0.15) is 0 Å². The monoisotopic (exact) mass is 250 g/mol. The third-order valence-corrected chi connectivity index (χ3v) is 3.36. The largest absolute Gasteiger partial charge is 0.378 e. The van der Waals surface area contributed by atoms with E-state index in [1.807, 2.05) is 26.4 Å². The number of ketones is 1. The summed E-state index contributed by atoms with van der Waals surface area (Å²) in [6.07, 6.45) is 4.72. The van der Waals surface area contributed by atoms with Crippen LogP contribution in [0, 0.1) is 0 Å². The van der Waals surface area contributed by atoms with E-state index in [2.05, 4.69) is 9.47 Å². The molecule has 0 aliphatic heterocycles. The molecule has 0 aromatic carbocycles. The van der Waals surface area contributed by atoms with Crippen LogP contribution in [-0.4, -0.2) is 49.1 Å². The van der Waals surface area contributed by atoms with Gasteiger partial charge in [-0.25, -0.2) is 0 Å². The van der Waals surface area contributed by atoms with Crippen LogP contribution in [-0.2, 0) is 17.7 Å². The van der Waals surface area contributed by atoms with E-state index in [-0.39, 0.29) is 0 Å². The first-order chi connectivity index (χ1) is 8.68. The number of rotatable bonds is 6. The Morgan fingerprint density at radius 2 is 2.17 bits per heavy atom. The minimum Gasteiger partial charge on any atom is -0.378 e. The molecule has 1 aliphatic rings. The molecular weight excluding hydrogens is 228 g/mol. The molecule has 0 atom stereocenters. The number of aromatic nitrogens is 1. The van der Waals surface area contributed by atoms with Crippen LogP contribution in [0.15, 0.2) is 12.3 Å². The summed E-state index contributed by atoms with van der Waals surface area (Å²) in [7, 11) is 4.08. The van der Waals surface area contributed by atoms with Crippen LogP contribution >= 0.6 is 0 Å². The summed E-state index contributed by atoms with van der Waals surface area (Å²) in [6, 6.07) is 1.96. The van der Waals surface area contributed by atoms with Crippen molar-refractivity contribution in [1.82, 2.24) is 9.47 Å². The maximum atomic E-state index is 11.7. The van der Waals surface area contributed by atoms with E-state index < -0.39 is 0 Å². The highest BCUT2D eigenvalue weighted by molar-refractivity contribution is 5.98. The maximum Gasteiger partial charge on any atom is 0.164 e. The Labute approximate surface area is 109 Å².